The lowest BCUT2D eigenvalue weighted by Crippen LogP contribution is -2.29. The highest BCUT2D eigenvalue weighted by Gasteiger charge is 2.19. The lowest BCUT2D eigenvalue weighted by Gasteiger charge is -2.08. The fourth-order valence-electron chi connectivity index (χ4n) is 0. The Hall–Kier alpha value is 0.170. The number of rotatable bonds is 1. The molecule has 2 N–H and O–H groups in total. The number of amides is 1. The van der Waals surface area contributed by atoms with Crippen LogP contribution >= 0.6 is 25.3 Å². The van der Waals surface area contributed by atoms with Gasteiger partial charge in [-0.05, 0) is 6.92 Å². The molecule has 0 fully saturated rings. The van der Waals surface area contributed by atoms with Crippen LogP contribution in [0.4, 0.5) is 0 Å². The molecule has 0 heterocycles. The Morgan fingerprint density at radius 1 is 1.71 bits per heavy atom. The molecule has 0 bridgehead atoms. The maximum atomic E-state index is 10.1. The van der Waals surface area contributed by atoms with Crippen molar-refractivity contribution in [3.8, 4) is 0 Å². The molecule has 7 heavy (non-hydrogen) atoms. The monoisotopic (exact) mass is 137 g/mol. The molecule has 0 saturated heterocycles. The van der Waals surface area contributed by atoms with E-state index in [9.17, 15) is 4.79 Å². The van der Waals surface area contributed by atoms with Gasteiger partial charge in [0.15, 0.2) is 0 Å². The molecule has 0 radical (unpaired) electrons. The summed E-state index contributed by atoms with van der Waals surface area (Å²) in [4.78, 5) is 10.1. The van der Waals surface area contributed by atoms with Gasteiger partial charge in [0.05, 0.1) is 0 Å². The Kier molecular flexibility index (Phi) is 2.01. The normalized spacial score (nSPS) is 11.3. The fraction of sp³-hybridized carbons (Fsp3) is 0.667. The first kappa shape index (κ1) is 7.17. The van der Waals surface area contributed by atoms with Crippen molar-refractivity contribution in [1.82, 2.24) is 0 Å². The van der Waals surface area contributed by atoms with Gasteiger partial charge in [0.2, 0.25) is 5.91 Å². The van der Waals surface area contributed by atoms with Crippen LogP contribution in [0.3, 0.4) is 0 Å². The van der Waals surface area contributed by atoms with Gasteiger partial charge in [-0.15, -0.1) is 0 Å². The number of carbonyl (C=O) groups excluding carboxylic acids is 1. The van der Waals surface area contributed by atoms with Crippen LogP contribution < -0.4 is 5.73 Å². The minimum absolute atomic E-state index is 0.529. The molecule has 0 aliphatic carbocycles. The van der Waals surface area contributed by atoms with Crippen molar-refractivity contribution < 1.29 is 4.79 Å². The van der Waals surface area contributed by atoms with Crippen LogP contribution in [-0.4, -0.2) is 9.99 Å². The summed E-state index contributed by atoms with van der Waals surface area (Å²) in [6.07, 6.45) is 0. The predicted molar refractivity (Wildman–Crippen MR) is 35.6 cm³/mol. The summed E-state index contributed by atoms with van der Waals surface area (Å²) >= 11 is 7.48. The van der Waals surface area contributed by atoms with E-state index in [4.69, 9.17) is 5.73 Å². The van der Waals surface area contributed by atoms with E-state index in [1.165, 1.54) is 6.92 Å². The van der Waals surface area contributed by atoms with Gasteiger partial charge in [-0.3, -0.25) is 4.79 Å². The van der Waals surface area contributed by atoms with E-state index in [0.29, 0.717) is 0 Å². The Bertz CT molecular complexity index is 85.4. The lowest BCUT2D eigenvalue weighted by atomic mass is 10.4. The van der Waals surface area contributed by atoms with Crippen molar-refractivity contribution >= 4 is 31.2 Å². The predicted octanol–water partition coefficient (Wildman–Crippen LogP) is 0.0475. The van der Waals surface area contributed by atoms with Crippen LogP contribution in [0.2, 0.25) is 0 Å². The van der Waals surface area contributed by atoms with Gasteiger partial charge in [-0.25, -0.2) is 0 Å². The van der Waals surface area contributed by atoms with E-state index in [-0.39, 0.29) is 0 Å². The molecule has 0 aromatic heterocycles. The zero-order chi connectivity index (χ0) is 6.08. The van der Waals surface area contributed by atoms with Gasteiger partial charge < -0.3 is 5.73 Å². The number of nitrogens with two attached hydrogens (primary N) is 1. The number of hydrogen-bond acceptors (Lipinski definition) is 3. The minimum Gasteiger partial charge on any atom is -0.368 e. The SMILES string of the molecule is CC(S)(S)C(N)=O. The van der Waals surface area contributed by atoms with Gasteiger partial charge >= 0.3 is 0 Å². The molecule has 0 saturated carbocycles. The number of thiol groups is 2. The summed E-state index contributed by atoms with van der Waals surface area (Å²) in [6.45, 7) is 1.52. The van der Waals surface area contributed by atoms with Gasteiger partial charge in [-0.2, -0.15) is 25.3 Å². The molecule has 42 valence electrons. The van der Waals surface area contributed by atoms with Crippen LogP contribution in [0.5, 0.6) is 0 Å². The van der Waals surface area contributed by atoms with E-state index in [2.05, 4.69) is 25.3 Å². The lowest BCUT2D eigenvalue weighted by molar-refractivity contribution is -0.117. The summed E-state index contributed by atoms with van der Waals surface area (Å²) in [5.74, 6) is -0.529. The van der Waals surface area contributed by atoms with E-state index < -0.39 is 9.99 Å². The quantitative estimate of drug-likeness (QED) is 0.347. The third-order valence-electron chi connectivity index (χ3n) is 0.467. The second-order valence-electron chi connectivity index (χ2n) is 1.39. The summed E-state index contributed by atoms with van der Waals surface area (Å²) < 4.78 is -0.972. The molecule has 0 aliphatic heterocycles. The number of primary amides is 1. The maximum absolute atomic E-state index is 10.1. The molecule has 0 aromatic carbocycles. The third kappa shape index (κ3) is 2.82. The Morgan fingerprint density at radius 3 is 1.86 bits per heavy atom. The van der Waals surface area contributed by atoms with Crippen molar-refractivity contribution in [3.63, 3.8) is 0 Å². The molecule has 0 atom stereocenters. The van der Waals surface area contributed by atoms with Gasteiger partial charge in [0.1, 0.15) is 4.08 Å². The molecule has 4 heteroatoms. The second kappa shape index (κ2) is 1.96. The Balaban J connectivity index is 3.79. The zero-order valence-electron chi connectivity index (χ0n) is 3.88. The first-order valence-corrected chi connectivity index (χ1v) is 2.58. The topological polar surface area (TPSA) is 43.1 Å². The summed E-state index contributed by atoms with van der Waals surface area (Å²) in [7, 11) is 0. The minimum atomic E-state index is -0.972. The number of hydrogen-bond donors (Lipinski definition) is 3. The number of carbonyl (C=O) groups is 1. The van der Waals surface area contributed by atoms with Crippen molar-refractivity contribution in [2.75, 3.05) is 0 Å². The van der Waals surface area contributed by atoms with Crippen molar-refractivity contribution in [2.45, 2.75) is 11.0 Å². The van der Waals surface area contributed by atoms with E-state index in [1.54, 1.807) is 0 Å². The highest BCUT2D eigenvalue weighted by molar-refractivity contribution is 8.01. The van der Waals surface area contributed by atoms with Crippen LogP contribution in [0, 0.1) is 0 Å². The smallest absolute Gasteiger partial charge is 0.243 e. The average Bonchev–Trinajstić information content (AvgIpc) is 1.31. The highest BCUT2D eigenvalue weighted by atomic mass is 32.2. The van der Waals surface area contributed by atoms with Crippen LogP contribution in [-0.2, 0) is 4.79 Å². The molecule has 0 aliphatic rings. The van der Waals surface area contributed by atoms with E-state index in [0.717, 1.165) is 0 Å². The fourth-order valence-corrected chi connectivity index (χ4v) is 0. The standard InChI is InChI=1S/C3H7NOS2/c1-3(6,7)2(4)5/h6-7H,1H3,(H2,4,5). The van der Waals surface area contributed by atoms with Crippen molar-refractivity contribution in [2.24, 2.45) is 5.73 Å². The third-order valence-corrected chi connectivity index (χ3v) is 0.908. The largest absolute Gasteiger partial charge is 0.368 e. The highest BCUT2D eigenvalue weighted by Crippen LogP contribution is 2.15. The van der Waals surface area contributed by atoms with Crippen molar-refractivity contribution in [1.29, 1.82) is 0 Å². The molecule has 0 aromatic rings. The summed E-state index contributed by atoms with van der Waals surface area (Å²) in [5, 5.41) is 0. The zero-order valence-corrected chi connectivity index (χ0v) is 5.67. The van der Waals surface area contributed by atoms with E-state index in [1.807, 2.05) is 0 Å². The van der Waals surface area contributed by atoms with Crippen LogP contribution in [0.15, 0.2) is 0 Å². The molecule has 2 nitrogen and oxygen atoms in total. The second-order valence-corrected chi connectivity index (χ2v) is 3.53. The van der Waals surface area contributed by atoms with Crippen molar-refractivity contribution in [3.05, 3.63) is 0 Å². The Labute approximate surface area is 53.3 Å². The van der Waals surface area contributed by atoms with Gasteiger partial charge in [0.25, 0.3) is 0 Å². The molecular formula is C3H7NOS2. The first-order valence-electron chi connectivity index (χ1n) is 1.69. The van der Waals surface area contributed by atoms with Gasteiger partial charge in [0, 0.05) is 0 Å². The average molecular weight is 137 g/mol. The first-order chi connectivity index (χ1) is 2.94. The molecule has 0 spiro atoms. The maximum Gasteiger partial charge on any atom is 0.243 e. The van der Waals surface area contributed by atoms with Crippen LogP contribution in [0.25, 0.3) is 0 Å². The molecule has 0 unspecified atom stereocenters. The summed E-state index contributed by atoms with van der Waals surface area (Å²) in [6, 6.07) is 0. The Morgan fingerprint density at radius 2 is 1.86 bits per heavy atom. The van der Waals surface area contributed by atoms with Crippen LogP contribution in [0.1, 0.15) is 6.92 Å². The molecule has 1 amide bonds. The molecule has 0 rings (SSSR count). The van der Waals surface area contributed by atoms with E-state index >= 15 is 0 Å². The van der Waals surface area contributed by atoms with Gasteiger partial charge in [-0.1, -0.05) is 0 Å². The summed E-state index contributed by atoms with van der Waals surface area (Å²) in [5.41, 5.74) is 4.78. The molecular weight excluding hydrogens is 130 g/mol.